The van der Waals surface area contributed by atoms with Crippen molar-refractivity contribution in [2.45, 2.75) is 32.9 Å². The summed E-state index contributed by atoms with van der Waals surface area (Å²) in [5.74, 6) is 0.120. The van der Waals surface area contributed by atoms with Crippen LogP contribution in [0.5, 0.6) is 0 Å². The molecule has 0 saturated heterocycles. The van der Waals surface area contributed by atoms with E-state index >= 15 is 0 Å². The van der Waals surface area contributed by atoms with Crippen LogP contribution in [0.25, 0.3) is 10.9 Å². The topological polar surface area (TPSA) is 36.1 Å². The lowest BCUT2D eigenvalue weighted by Crippen LogP contribution is -2.37. The van der Waals surface area contributed by atoms with Crippen LogP contribution in [-0.4, -0.2) is 21.8 Å². The largest absolute Gasteiger partial charge is 0.361 e. The summed E-state index contributed by atoms with van der Waals surface area (Å²) in [6, 6.07) is 15.9. The zero-order valence-corrected chi connectivity index (χ0v) is 14.7. The van der Waals surface area contributed by atoms with Gasteiger partial charge in [0.15, 0.2) is 0 Å². The molecule has 124 valence electrons. The molecule has 0 aliphatic heterocycles. The van der Waals surface area contributed by atoms with E-state index in [4.69, 9.17) is 11.6 Å². The Morgan fingerprint density at radius 3 is 2.62 bits per heavy atom. The number of nitrogens with one attached hydrogen (secondary N) is 1. The lowest BCUT2D eigenvalue weighted by atomic mass is 10.1. The first-order valence-corrected chi connectivity index (χ1v) is 8.51. The van der Waals surface area contributed by atoms with Gasteiger partial charge in [-0.05, 0) is 43.2 Å². The molecular formula is C20H21ClN2O. The summed E-state index contributed by atoms with van der Waals surface area (Å²) >= 11 is 6.10. The van der Waals surface area contributed by atoms with Gasteiger partial charge in [-0.25, -0.2) is 0 Å². The molecule has 3 nitrogen and oxygen atoms in total. The van der Waals surface area contributed by atoms with E-state index in [-0.39, 0.29) is 11.9 Å². The Morgan fingerprint density at radius 1 is 1.17 bits per heavy atom. The number of rotatable bonds is 5. The molecule has 0 aliphatic carbocycles. The zero-order chi connectivity index (χ0) is 17.1. The average molecular weight is 341 g/mol. The molecule has 3 aromatic rings. The van der Waals surface area contributed by atoms with Crippen LogP contribution in [0.15, 0.2) is 54.7 Å². The second-order valence-corrected chi connectivity index (χ2v) is 6.72. The maximum Gasteiger partial charge on any atom is 0.227 e. The number of aromatic nitrogens is 1. The van der Waals surface area contributed by atoms with Crippen LogP contribution in [0.2, 0.25) is 5.02 Å². The van der Waals surface area contributed by atoms with Crippen molar-refractivity contribution in [3.8, 4) is 0 Å². The van der Waals surface area contributed by atoms with Gasteiger partial charge in [0.25, 0.3) is 0 Å². The SMILES string of the molecule is CC(C)N(Cc1ccccc1)C(=O)Cc1c[nH]c2ccc(Cl)cc12. The van der Waals surface area contributed by atoms with E-state index in [0.29, 0.717) is 18.0 Å². The third-order valence-corrected chi connectivity index (χ3v) is 4.45. The number of carbonyl (C=O) groups is 1. The van der Waals surface area contributed by atoms with E-state index in [1.54, 1.807) is 0 Å². The summed E-state index contributed by atoms with van der Waals surface area (Å²) in [6.45, 7) is 4.72. The second-order valence-electron chi connectivity index (χ2n) is 6.28. The van der Waals surface area contributed by atoms with Crippen LogP contribution in [0, 0.1) is 0 Å². The Bertz CT molecular complexity index is 839. The highest BCUT2D eigenvalue weighted by atomic mass is 35.5. The maximum atomic E-state index is 12.9. The summed E-state index contributed by atoms with van der Waals surface area (Å²) in [4.78, 5) is 18.0. The van der Waals surface area contributed by atoms with Gasteiger partial charge in [0.2, 0.25) is 5.91 Å². The van der Waals surface area contributed by atoms with Gasteiger partial charge in [0, 0.05) is 34.7 Å². The number of aromatic amines is 1. The Kier molecular flexibility index (Phi) is 4.91. The highest BCUT2D eigenvalue weighted by Crippen LogP contribution is 2.23. The van der Waals surface area contributed by atoms with Crippen molar-refractivity contribution in [1.29, 1.82) is 0 Å². The van der Waals surface area contributed by atoms with E-state index < -0.39 is 0 Å². The lowest BCUT2D eigenvalue weighted by Gasteiger charge is -2.27. The number of hydrogen-bond donors (Lipinski definition) is 1. The van der Waals surface area contributed by atoms with Gasteiger partial charge in [-0.1, -0.05) is 41.9 Å². The molecule has 1 N–H and O–H groups in total. The number of benzene rings is 2. The van der Waals surface area contributed by atoms with Crippen LogP contribution in [0.3, 0.4) is 0 Å². The number of amides is 1. The Hall–Kier alpha value is -2.26. The van der Waals surface area contributed by atoms with Crippen LogP contribution < -0.4 is 0 Å². The van der Waals surface area contributed by atoms with Gasteiger partial charge in [-0.15, -0.1) is 0 Å². The molecule has 0 saturated carbocycles. The van der Waals surface area contributed by atoms with Gasteiger partial charge in [0.05, 0.1) is 6.42 Å². The molecule has 4 heteroatoms. The van der Waals surface area contributed by atoms with Crippen molar-refractivity contribution >= 4 is 28.4 Å². The summed E-state index contributed by atoms with van der Waals surface area (Å²) in [5, 5.41) is 1.69. The zero-order valence-electron chi connectivity index (χ0n) is 13.9. The number of hydrogen-bond acceptors (Lipinski definition) is 1. The van der Waals surface area contributed by atoms with Crippen LogP contribution in [-0.2, 0) is 17.8 Å². The first-order valence-electron chi connectivity index (χ1n) is 8.13. The molecule has 0 bridgehead atoms. The van der Waals surface area contributed by atoms with Gasteiger partial charge >= 0.3 is 0 Å². The first-order chi connectivity index (χ1) is 11.5. The third kappa shape index (κ3) is 3.62. The molecule has 0 unspecified atom stereocenters. The fourth-order valence-corrected chi connectivity index (χ4v) is 3.07. The molecule has 0 aliphatic rings. The molecule has 0 spiro atoms. The van der Waals surface area contributed by atoms with Crippen LogP contribution >= 0.6 is 11.6 Å². The molecule has 1 heterocycles. The van der Waals surface area contributed by atoms with E-state index in [1.807, 2.05) is 73.5 Å². The van der Waals surface area contributed by atoms with Gasteiger partial charge in [-0.2, -0.15) is 0 Å². The predicted octanol–water partition coefficient (Wildman–Crippen LogP) is 4.80. The normalized spacial score (nSPS) is 11.2. The molecule has 0 fully saturated rings. The van der Waals surface area contributed by atoms with Crippen molar-refractivity contribution in [1.82, 2.24) is 9.88 Å². The van der Waals surface area contributed by atoms with Crippen molar-refractivity contribution < 1.29 is 4.79 Å². The standard InChI is InChI=1S/C20H21ClN2O/c1-14(2)23(13-15-6-4-3-5-7-15)20(24)10-16-12-22-19-9-8-17(21)11-18(16)19/h3-9,11-12,14,22H,10,13H2,1-2H3. The van der Waals surface area contributed by atoms with Crippen molar-refractivity contribution in [2.75, 3.05) is 0 Å². The third-order valence-electron chi connectivity index (χ3n) is 4.21. The van der Waals surface area contributed by atoms with Gasteiger partial charge in [-0.3, -0.25) is 4.79 Å². The van der Waals surface area contributed by atoms with E-state index in [2.05, 4.69) is 4.98 Å². The summed E-state index contributed by atoms with van der Waals surface area (Å²) in [7, 11) is 0. The number of H-pyrrole nitrogens is 1. The van der Waals surface area contributed by atoms with Crippen LogP contribution in [0.1, 0.15) is 25.0 Å². The number of fused-ring (bicyclic) bond motifs is 1. The maximum absolute atomic E-state index is 12.9. The smallest absolute Gasteiger partial charge is 0.227 e. The lowest BCUT2D eigenvalue weighted by molar-refractivity contribution is -0.132. The first kappa shape index (κ1) is 16.6. The Morgan fingerprint density at radius 2 is 1.92 bits per heavy atom. The quantitative estimate of drug-likeness (QED) is 0.711. The number of halogens is 1. The van der Waals surface area contributed by atoms with Crippen LogP contribution in [0.4, 0.5) is 0 Å². The van der Waals surface area contributed by atoms with Gasteiger partial charge in [0.1, 0.15) is 0 Å². The Balaban J connectivity index is 1.81. The summed E-state index contributed by atoms with van der Waals surface area (Å²) < 4.78 is 0. The molecule has 3 rings (SSSR count). The van der Waals surface area contributed by atoms with E-state index in [9.17, 15) is 4.79 Å². The average Bonchev–Trinajstić information content (AvgIpc) is 2.95. The number of nitrogens with zero attached hydrogens (tertiary/aromatic N) is 1. The second kappa shape index (κ2) is 7.10. The highest BCUT2D eigenvalue weighted by Gasteiger charge is 2.19. The number of carbonyl (C=O) groups excluding carboxylic acids is 1. The monoisotopic (exact) mass is 340 g/mol. The fourth-order valence-electron chi connectivity index (χ4n) is 2.90. The van der Waals surface area contributed by atoms with Gasteiger partial charge < -0.3 is 9.88 Å². The summed E-state index contributed by atoms with van der Waals surface area (Å²) in [5.41, 5.74) is 3.12. The summed E-state index contributed by atoms with van der Waals surface area (Å²) in [6.07, 6.45) is 2.27. The molecule has 24 heavy (non-hydrogen) atoms. The van der Waals surface area contributed by atoms with E-state index in [0.717, 1.165) is 22.0 Å². The molecule has 1 amide bonds. The fraction of sp³-hybridized carbons (Fsp3) is 0.250. The van der Waals surface area contributed by atoms with Crippen molar-refractivity contribution in [3.63, 3.8) is 0 Å². The predicted molar refractivity (Wildman–Crippen MR) is 99.1 cm³/mol. The minimum absolute atomic E-state index is 0.120. The molecular weight excluding hydrogens is 320 g/mol. The molecule has 0 atom stereocenters. The minimum Gasteiger partial charge on any atom is -0.361 e. The van der Waals surface area contributed by atoms with Crippen molar-refractivity contribution in [2.24, 2.45) is 0 Å². The molecule has 1 aromatic heterocycles. The molecule has 2 aromatic carbocycles. The van der Waals surface area contributed by atoms with Crippen molar-refractivity contribution in [3.05, 3.63) is 70.9 Å². The molecule has 0 radical (unpaired) electrons. The highest BCUT2D eigenvalue weighted by molar-refractivity contribution is 6.31. The minimum atomic E-state index is 0.120. The Labute approximate surface area is 147 Å². The van der Waals surface area contributed by atoms with E-state index in [1.165, 1.54) is 0 Å².